The van der Waals surface area contributed by atoms with E-state index in [2.05, 4.69) is 0 Å². The van der Waals surface area contributed by atoms with Gasteiger partial charge in [-0.25, -0.2) is 0 Å². The van der Waals surface area contributed by atoms with Crippen molar-refractivity contribution in [2.45, 2.75) is 43.5 Å². The number of fused-ring (bicyclic) bond motifs is 2. The van der Waals surface area contributed by atoms with Crippen molar-refractivity contribution in [2.24, 2.45) is 0 Å². The second-order valence-corrected chi connectivity index (χ2v) is 7.96. The van der Waals surface area contributed by atoms with Gasteiger partial charge in [-0.15, -0.1) is 0 Å². The van der Waals surface area contributed by atoms with E-state index in [1.54, 1.807) is 0 Å². The van der Waals surface area contributed by atoms with Gasteiger partial charge >= 0.3 is 12.4 Å². The number of alkyl halides is 6. The molecule has 0 spiro atoms. The molecule has 0 aliphatic heterocycles. The van der Waals surface area contributed by atoms with Gasteiger partial charge in [0, 0.05) is 47.9 Å². The lowest BCUT2D eigenvalue weighted by Crippen LogP contribution is -2.55. The molecule has 0 bridgehead atoms. The lowest BCUT2D eigenvalue weighted by molar-refractivity contribution is -0.288. The van der Waals surface area contributed by atoms with Crippen molar-refractivity contribution in [2.75, 3.05) is 0 Å². The largest absolute Gasteiger partial charge is 0.411 e. The molecule has 0 aromatic heterocycles. The molecule has 2 aromatic carbocycles. The van der Waals surface area contributed by atoms with Crippen LogP contribution in [0.3, 0.4) is 0 Å². The van der Waals surface area contributed by atoms with Crippen molar-refractivity contribution in [3.63, 3.8) is 0 Å². The lowest BCUT2D eigenvalue weighted by atomic mass is 9.70. The van der Waals surface area contributed by atoms with Gasteiger partial charge in [-0.1, -0.05) is 24.3 Å². The van der Waals surface area contributed by atoms with Crippen molar-refractivity contribution in [1.82, 2.24) is 0 Å². The third-order valence-electron chi connectivity index (χ3n) is 6.12. The van der Waals surface area contributed by atoms with Gasteiger partial charge in [-0.2, -0.15) is 26.3 Å². The summed E-state index contributed by atoms with van der Waals surface area (Å²) >= 11 is 0. The monoisotopic (exact) mass is 468 g/mol. The van der Waals surface area contributed by atoms with Crippen molar-refractivity contribution in [1.29, 1.82) is 0 Å². The van der Waals surface area contributed by atoms with Crippen LogP contribution in [-0.2, 0) is 5.41 Å². The van der Waals surface area contributed by atoms with Crippen LogP contribution in [0.25, 0.3) is 0 Å². The highest BCUT2D eigenvalue weighted by Crippen LogP contribution is 2.56. The van der Waals surface area contributed by atoms with Crippen LogP contribution >= 0.6 is 0 Å². The lowest BCUT2D eigenvalue weighted by Gasteiger charge is -2.39. The molecule has 2 aliphatic rings. The molecule has 0 saturated carbocycles. The second kappa shape index (κ2) is 7.36. The molecule has 0 N–H and O–H groups in total. The van der Waals surface area contributed by atoms with Crippen molar-refractivity contribution >= 4 is 23.1 Å². The maximum absolute atomic E-state index is 14.4. The predicted molar refractivity (Wildman–Crippen MR) is 102 cm³/mol. The first kappa shape index (κ1) is 22.9. The van der Waals surface area contributed by atoms with E-state index < -0.39 is 63.2 Å². The zero-order valence-corrected chi connectivity index (χ0v) is 16.7. The normalized spacial score (nSPS) is 17.2. The summed E-state index contributed by atoms with van der Waals surface area (Å²) < 4.78 is 86.6. The molecule has 0 heterocycles. The topological polar surface area (TPSA) is 68.3 Å². The number of ketones is 4. The van der Waals surface area contributed by atoms with Gasteiger partial charge in [0.15, 0.2) is 23.1 Å². The minimum atomic E-state index is -5.95. The Bertz CT molecular complexity index is 1130. The Hall–Kier alpha value is -3.30. The average Bonchev–Trinajstić information content (AvgIpc) is 2.72. The molecule has 4 rings (SSSR count). The zero-order valence-electron chi connectivity index (χ0n) is 16.7. The van der Waals surface area contributed by atoms with Crippen LogP contribution in [-0.4, -0.2) is 35.5 Å². The predicted octanol–water partition coefficient (Wildman–Crippen LogP) is 5.42. The SMILES string of the molecule is O=C1CCC(=O)c2cc(C(c3ccc4c(c3)C(=O)CCC4=O)(C(F)(F)F)C(F)(F)F)ccc21. The maximum Gasteiger partial charge on any atom is 0.411 e. The summed E-state index contributed by atoms with van der Waals surface area (Å²) in [4.78, 5) is 48.5. The summed E-state index contributed by atoms with van der Waals surface area (Å²) in [5.74, 6) is -2.59. The minimum Gasteiger partial charge on any atom is -0.294 e. The Balaban J connectivity index is 2.06. The highest BCUT2D eigenvalue weighted by Gasteiger charge is 2.72. The number of hydrogen-bond donors (Lipinski definition) is 0. The van der Waals surface area contributed by atoms with Crippen molar-refractivity contribution in [3.8, 4) is 0 Å². The van der Waals surface area contributed by atoms with E-state index in [9.17, 15) is 45.5 Å². The number of carbonyl (C=O) groups is 4. The summed E-state index contributed by atoms with van der Waals surface area (Å²) in [6.07, 6.45) is -12.9. The van der Waals surface area contributed by atoms with Gasteiger partial charge in [0.25, 0.3) is 0 Å². The molecule has 2 aromatic rings. The molecule has 0 amide bonds. The van der Waals surface area contributed by atoms with Crippen LogP contribution in [0.5, 0.6) is 0 Å². The standard InChI is InChI=1S/C23H14F6O4/c24-22(25,26)21(23(27,28)29,11-1-3-13-15(9-11)19(32)7-5-17(13)30)12-2-4-14-16(10-12)20(33)8-6-18(14)31/h1-4,9-10H,5-8H2. The summed E-state index contributed by atoms with van der Waals surface area (Å²) in [6.45, 7) is 0. The average molecular weight is 468 g/mol. The summed E-state index contributed by atoms with van der Waals surface area (Å²) in [5.41, 5.74) is -8.71. The number of rotatable bonds is 2. The van der Waals surface area contributed by atoms with E-state index in [1.807, 2.05) is 0 Å². The quantitative estimate of drug-likeness (QED) is 0.553. The van der Waals surface area contributed by atoms with E-state index in [0.717, 1.165) is 12.1 Å². The molecule has 4 nitrogen and oxygen atoms in total. The third kappa shape index (κ3) is 3.30. The van der Waals surface area contributed by atoms with Crippen molar-refractivity contribution in [3.05, 3.63) is 69.8 Å². The smallest absolute Gasteiger partial charge is 0.294 e. The van der Waals surface area contributed by atoms with Crippen LogP contribution < -0.4 is 0 Å². The van der Waals surface area contributed by atoms with E-state index in [-0.39, 0.29) is 36.8 Å². The zero-order chi connectivity index (χ0) is 24.3. The Morgan fingerprint density at radius 2 is 0.788 bits per heavy atom. The van der Waals surface area contributed by atoms with E-state index in [1.165, 1.54) is 0 Å². The summed E-state index contributed by atoms with van der Waals surface area (Å²) in [7, 11) is 0. The van der Waals surface area contributed by atoms with Crippen LogP contribution in [0, 0.1) is 0 Å². The molecule has 33 heavy (non-hydrogen) atoms. The molecule has 10 heteroatoms. The molecule has 2 aliphatic carbocycles. The van der Waals surface area contributed by atoms with Gasteiger partial charge < -0.3 is 0 Å². The fourth-order valence-electron chi connectivity index (χ4n) is 4.48. The number of halogens is 6. The first-order valence-corrected chi connectivity index (χ1v) is 9.84. The maximum atomic E-state index is 14.4. The van der Waals surface area contributed by atoms with E-state index in [4.69, 9.17) is 0 Å². The summed E-state index contributed by atoms with van der Waals surface area (Å²) in [6, 6.07) is 3.57. The number of hydrogen-bond acceptors (Lipinski definition) is 4. The fraction of sp³-hybridized carbons (Fsp3) is 0.304. The molecule has 0 saturated heterocycles. The van der Waals surface area contributed by atoms with Crippen molar-refractivity contribution < 1.29 is 45.5 Å². The summed E-state index contributed by atoms with van der Waals surface area (Å²) in [5, 5.41) is 0. The molecule has 0 atom stereocenters. The van der Waals surface area contributed by atoms with Gasteiger partial charge in [0.1, 0.15) is 0 Å². The highest BCUT2D eigenvalue weighted by molar-refractivity contribution is 6.14. The second-order valence-electron chi connectivity index (χ2n) is 7.96. The molecular formula is C23H14F6O4. The number of benzene rings is 2. The molecule has 172 valence electrons. The highest BCUT2D eigenvalue weighted by atomic mass is 19.4. The van der Waals surface area contributed by atoms with Crippen LogP contribution in [0.1, 0.15) is 78.2 Å². The van der Waals surface area contributed by atoms with Gasteiger partial charge in [-0.05, 0) is 23.3 Å². The van der Waals surface area contributed by atoms with Gasteiger partial charge in [0.2, 0.25) is 5.41 Å². The van der Waals surface area contributed by atoms with Crippen LogP contribution in [0.4, 0.5) is 26.3 Å². The van der Waals surface area contributed by atoms with E-state index >= 15 is 0 Å². The first-order valence-electron chi connectivity index (χ1n) is 9.84. The van der Waals surface area contributed by atoms with E-state index in [0.29, 0.717) is 24.3 Å². The first-order chi connectivity index (χ1) is 15.3. The Labute approximate surface area is 182 Å². The fourth-order valence-corrected chi connectivity index (χ4v) is 4.48. The van der Waals surface area contributed by atoms with Crippen LogP contribution in [0.15, 0.2) is 36.4 Å². The number of carbonyl (C=O) groups excluding carboxylic acids is 4. The Kier molecular flexibility index (Phi) is 5.10. The van der Waals surface area contributed by atoms with Crippen LogP contribution in [0.2, 0.25) is 0 Å². The van der Waals surface area contributed by atoms with Gasteiger partial charge in [-0.3, -0.25) is 19.2 Å². The molecular weight excluding hydrogens is 454 g/mol. The van der Waals surface area contributed by atoms with Gasteiger partial charge in [0.05, 0.1) is 0 Å². The molecule has 0 radical (unpaired) electrons. The minimum absolute atomic E-state index is 0.185. The molecule has 0 fully saturated rings. The Morgan fingerprint density at radius 1 is 0.485 bits per heavy atom. The Morgan fingerprint density at radius 3 is 1.09 bits per heavy atom. The third-order valence-corrected chi connectivity index (χ3v) is 6.12. The molecule has 0 unspecified atom stereocenters. The number of Topliss-reactive ketones (excluding diaryl/α,β-unsaturated/α-hetero) is 4.